The van der Waals surface area contributed by atoms with E-state index in [1.807, 2.05) is 49.6 Å². The van der Waals surface area contributed by atoms with Crippen LogP contribution in [0.2, 0.25) is 0 Å². The Morgan fingerprint density at radius 3 is 2.96 bits per heavy atom. The van der Waals surface area contributed by atoms with Crippen LogP contribution < -0.4 is 0 Å². The minimum atomic E-state index is 0.0809. The quantitative estimate of drug-likeness (QED) is 0.524. The van der Waals surface area contributed by atoms with E-state index in [0.717, 1.165) is 21.8 Å². The average Bonchev–Trinajstić information content (AvgIpc) is 3.24. The van der Waals surface area contributed by atoms with Crippen molar-refractivity contribution in [3.8, 4) is 0 Å². The fourth-order valence-corrected chi connectivity index (χ4v) is 3.47. The van der Waals surface area contributed by atoms with Crippen molar-refractivity contribution in [2.75, 3.05) is 5.75 Å². The zero-order valence-corrected chi connectivity index (χ0v) is 14.4. The Balaban J connectivity index is 1.59. The molecule has 0 saturated heterocycles. The van der Waals surface area contributed by atoms with Gasteiger partial charge in [0, 0.05) is 21.8 Å². The lowest BCUT2D eigenvalue weighted by Crippen LogP contribution is -2.03. The second-order valence-electron chi connectivity index (χ2n) is 5.05. The summed E-state index contributed by atoms with van der Waals surface area (Å²) in [6.45, 7) is 3.85. The zero-order valence-electron chi connectivity index (χ0n) is 12.8. The van der Waals surface area contributed by atoms with Gasteiger partial charge in [0.1, 0.15) is 5.82 Å². The molecule has 118 valence electrons. The molecule has 0 aliphatic carbocycles. The van der Waals surface area contributed by atoms with E-state index in [2.05, 4.69) is 20.2 Å². The summed E-state index contributed by atoms with van der Waals surface area (Å²) in [5, 5.41) is 9.60. The van der Waals surface area contributed by atoms with E-state index in [-0.39, 0.29) is 5.78 Å². The van der Waals surface area contributed by atoms with E-state index in [4.69, 9.17) is 0 Å². The molecule has 3 aromatic rings. The van der Waals surface area contributed by atoms with Gasteiger partial charge in [0.05, 0.1) is 5.75 Å². The maximum Gasteiger partial charge on any atom is 0.209 e. The summed E-state index contributed by atoms with van der Waals surface area (Å²) in [6, 6.07) is 5.92. The Morgan fingerprint density at radius 2 is 2.26 bits per heavy atom. The first-order valence-corrected chi connectivity index (χ1v) is 8.94. The molecule has 2 N–H and O–H groups in total. The standard InChI is InChI=1S/C16H16N4OS2/c1-10-8-13(11(2)17-10)14(21)9-23-16-18-15(19-20-16)6-5-12-4-3-7-22-12/h3-8,17H,9H2,1-2H3,(H,18,19,20)/b6-5+. The number of hydrogen-bond acceptors (Lipinski definition) is 5. The molecule has 7 heteroatoms. The highest BCUT2D eigenvalue weighted by Crippen LogP contribution is 2.18. The van der Waals surface area contributed by atoms with Gasteiger partial charge >= 0.3 is 0 Å². The number of nitrogens with zero attached hydrogens (tertiary/aromatic N) is 2. The van der Waals surface area contributed by atoms with Crippen LogP contribution in [0.3, 0.4) is 0 Å². The van der Waals surface area contributed by atoms with Crippen LogP contribution in [0.4, 0.5) is 0 Å². The van der Waals surface area contributed by atoms with E-state index in [1.54, 1.807) is 11.3 Å². The molecule has 0 aliphatic rings. The van der Waals surface area contributed by atoms with Crippen molar-refractivity contribution < 1.29 is 4.79 Å². The van der Waals surface area contributed by atoms with Crippen LogP contribution in [0.25, 0.3) is 12.2 Å². The highest BCUT2D eigenvalue weighted by molar-refractivity contribution is 7.99. The summed E-state index contributed by atoms with van der Waals surface area (Å²) in [7, 11) is 0. The summed E-state index contributed by atoms with van der Waals surface area (Å²) in [5.74, 6) is 1.09. The van der Waals surface area contributed by atoms with Gasteiger partial charge in [-0.15, -0.1) is 16.4 Å². The molecule has 0 unspecified atom stereocenters. The number of aromatic amines is 2. The van der Waals surface area contributed by atoms with Crippen molar-refractivity contribution in [3.05, 3.63) is 51.2 Å². The largest absolute Gasteiger partial charge is 0.362 e. The fraction of sp³-hybridized carbons (Fsp3) is 0.188. The first-order valence-electron chi connectivity index (χ1n) is 7.08. The number of thioether (sulfide) groups is 1. The van der Waals surface area contributed by atoms with E-state index in [0.29, 0.717) is 16.7 Å². The molecule has 3 aromatic heterocycles. The van der Waals surface area contributed by atoms with Crippen LogP contribution in [0.5, 0.6) is 0 Å². The number of thiophene rings is 1. The summed E-state index contributed by atoms with van der Waals surface area (Å²) >= 11 is 3.00. The molecule has 23 heavy (non-hydrogen) atoms. The first kappa shape index (κ1) is 15.8. The molecule has 5 nitrogen and oxygen atoms in total. The van der Waals surface area contributed by atoms with Crippen LogP contribution in [0.1, 0.15) is 32.4 Å². The SMILES string of the molecule is Cc1cc(C(=O)CSc2n[nH]c(/C=C/c3cccs3)n2)c(C)[nH]1. The van der Waals surface area contributed by atoms with Gasteiger partial charge < -0.3 is 4.98 Å². The number of hydrogen-bond donors (Lipinski definition) is 2. The number of carbonyl (C=O) groups is 1. The van der Waals surface area contributed by atoms with Gasteiger partial charge in [-0.2, -0.15) is 0 Å². The Hall–Kier alpha value is -2.12. The van der Waals surface area contributed by atoms with Crippen LogP contribution in [0.15, 0.2) is 28.7 Å². The topological polar surface area (TPSA) is 74.4 Å². The highest BCUT2D eigenvalue weighted by atomic mass is 32.2. The predicted octanol–water partition coefficient (Wildman–Crippen LogP) is 3.96. The Kier molecular flexibility index (Phi) is 4.78. The number of Topliss-reactive ketones (excluding diaryl/α,β-unsaturated/α-hetero) is 1. The Morgan fingerprint density at radius 1 is 1.39 bits per heavy atom. The molecule has 0 radical (unpaired) electrons. The third kappa shape index (κ3) is 4.00. The zero-order chi connectivity index (χ0) is 16.2. The second kappa shape index (κ2) is 6.97. The third-order valence-corrected chi connectivity index (χ3v) is 4.90. The monoisotopic (exact) mass is 344 g/mol. The molecule has 0 aliphatic heterocycles. The van der Waals surface area contributed by atoms with Crippen LogP contribution >= 0.6 is 23.1 Å². The number of aryl methyl sites for hydroxylation is 2. The Labute approximate surface area is 142 Å². The summed E-state index contributed by atoms with van der Waals surface area (Å²) < 4.78 is 0. The lowest BCUT2D eigenvalue weighted by Gasteiger charge is -1.97. The van der Waals surface area contributed by atoms with E-state index < -0.39 is 0 Å². The van der Waals surface area contributed by atoms with Crippen molar-refractivity contribution >= 4 is 41.0 Å². The van der Waals surface area contributed by atoms with Gasteiger partial charge in [-0.3, -0.25) is 9.89 Å². The molecule has 0 saturated carbocycles. The van der Waals surface area contributed by atoms with Gasteiger partial charge in [0.15, 0.2) is 5.78 Å². The van der Waals surface area contributed by atoms with Crippen LogP contribution in [-0.2, 0) is 0 Å². The van der Waals surface area contributed by atoms with Gasteiger partial charge in [-0.1, -0.05) is 17.8 Å². The van der Waals surface area contributed by atoms with E-state index in [1.165, 1.54) is 11.8 Å². The third-order valence-electron chi connectivity index (χ3n) is 3.21. The van der Waals surface area contributed by atoms with Gasteiger partial charge in [0.25, 0.3) is 0 Å². The van der Waals surface area contributed by atoms with Crippen molar-refractivity contribution in [1.82, 2.24) is 20.2 Å². The molecule has 3 heterocycles. The van der Waals surface area contributed by atoms with Crippen molar-refractivity contribution in [2.45, 2.75) is 19.0 Å². The van der Waals surface area contributed by atoms with Crippen molar-refractivity contribution in [2.24, 2.45) is 0 Å². The minimum Gasteiger partial charge on any atom is -0.362 e. The normalized spacial score (nSPS) is 11.4. The molecular formula is C16H16N4OS2. The second-order valence-corrected chi connectivity index (χ2v) is 6.98. The number of rotatable bonds is 6. The average molecular weight is 344 g/mol. The molecule has 0 spiro atoms. The molecule has 0 atom stereocenters. The molecule has 0 bridgehead atoms. The Bertz CT molecular complexity index is 830. The smallest absolute Gasteiger partial charge is 0.209 e. The van der Waals surface area contributed by atoms with Gasteiger partial charge in [-0.25, -0.2) is 4.98 Å². The fourth-order valence-electron chi connectivity index (χ4n) is 2.17. The minimum absolute atomic E-state index is 0.0809. The van der Waals surface area contributed by atoms with E-state index in [9.17, 15) is 4.79 Å². The molecule has 0 amide bonds. The highest BCUT2D eigenvalue weighted by Gasteiger charge is 2.13. The van der Waals surface area contributed by atoms with E-state index >= 15 is 0 Å². The van der Waals surface area contributed by atoms with Gasteiger partial charge in [0.2, 0.25) is 5.16 Å². The molecule has 0 aromatic carbocycles. The predicted molar refractivity (Wildman–Crippen MR) is 95.0 cm³/mol. The molecule has 3 rings (SSSR count). The number of nitrogens with one attached hydrogen (secondary N) is 2. The number of H-pyrrole nitrogens is 2. The van der Waals surface area contributed by atoms with Crippen molar-refractivity contribution in [3.63, 3.8) is 0 Å². The lowest BCUT2D eigenvalue weighted by atomic mass is 10.2. The van der Waals surface area contributed by atoms with Gasteiger partial charge in [-0.05, 0) is 43.5 Å². The maximum atomic E-state index is 12.2. The van der Waals surface area contributed by atoms with Crippen LogP contribution in [-0.4, -0.2) is 31.7 Å². The molecular weight excluding hydrogens is 328 g/mol. The summed E-state index contributed by atoms with van der Waals surface area (Å²) in [4.78, 5) is 20.9. The number of carbonyl (C=O) groups excluding carboxylic acids is 1. The van der Waals surface area contributed by atoms with Crippen molar-refractivity contribution in [1.29, 1.82) is 0 Å². The van der Waals surface area contributed by atoms with Crippen LogP contribution in [0, 0.1) is 13.8 Å². The summed E-state index contributed by atoms with van der Waals surface area (Å²) in [5.41, 5.74) is 2.64. The maximum absolute atomic E-state index is 12.2. The number of aromatic nitrogens is 4. The first-order chi connectivity index (χ1) is 11.1. The summed E-state index contributed by atoms with van der Waals surface area (Å²) in [6.07, 6.45) is 3.86. The number of ketones is 1. The molecule has 0 fully saturated rings. The lowest BCUT2D eigenvalue weighted by molar-refractivity contribution is 0.102.